The summed E-state index contributed by atoms with van der Waals surface area (Å²) < 4.78 is 48.0. The fourth-order valence-electron chi connectivity index (χ4n) is 2.98. The normalized spacial score (nSPS) is 15.0. The van der Waals surface area contributed by atoms with E-state index >= 15 is 0 Å². The molecule has 1 N–H and O–H groups in total. The van der Waals surface area contributed by atoms with E-state index in [2.05, 4.69) is 10.1 Å². The molecule has 0 saturated carbocycles. The lowest BCUT2D eigenvalue weighted by Crippen LogP contribution is -2.30. The highest BCUT2D eigenvalue weighted by Crippen LogP contribution is 2.39. The van der Waals surface area contributed by atoms with E-state index in [9.17, 15) is 13.2 Å². The molecule has 2 aromatic carbocycles. The smallest absolute Gasteiger partial charge is 0.489 e. The molecule has 1 heterocycles. The Bertz CT molecular complexity index is 796. The fourth-order valence-corrected chi connectivity index (χ4v) is 3.39. The third-order valence-corrected chi connectivity index (χ3v) is 5.18. The van der Waals surface area contributed by atoms with Crippen LogP contribution in [-0.4, -0.2) is 26.1 Å². The van der Waals surface area contributed by atoms with Gasteiger partial charge >= 0.3 is 6.36 Å². The maximum absolute atomic E-state index is 12.7. The molecule has 1 saturated heterocycles. The van der Waals surface area contributed by atoms with Crippen molar-refractivity contribution in [1.82, 2.24) is 5.32 Å². The Balaban J connectivity index is 0.00000280. The minimum absolute atomic E-state index is 0. The Morgan fingerprint density at radius 1 is 1.04 bits per heavy atom. The zero-order chi connectivity index (χ0) is 19.4. The Morgan fingerprint density at radius 3 is 2.43 bits per heavy atom. The molecule has 28 heavy (non-hydrogen) atoms. The number of hydrogen-bond donors (Lipinski definition) is 1. The minimum atomic E-state index is -4.80. The average molecular weight is 457 g/mol. The first-order valence-corrected chi connectivity index (χ1v) is 9.27. The van der Waals surface area contributed by atoms with E-state index in [0.717, 1.165) is 25.9 Å². The third-order valence-electron chi connectivity index (χ3n) is 4.37. The second kappa shape index (κ2) is 9.92. The van der Waals surface area contributed by atoms with E-state index in [1.165, 1.54) is 18.2 Å². The quantitative estimate of drug-likeness (QED) is 0.568. The van der Waals surface area contributed by atoms with E-state index in [-0.39, 0.29) is 29.8 Å². The van der Waals surface area contributed by atoms with Crippen molar-refractivity contribution in [3.8, 4) is 22.6 Å². The van der Waals surface area contributed by atoms with Crippen LogP contribution in [0.4, 0.5) is 13.2 Å². The first kappa shape index (κ1) is 22.9. The zero-order valence-corrected chi connectivity index (χ0v) is 17.0. The molecule has 0 aromatic heterocycles. The number of alkyl halides is 3. The van der Waals surface area contributed by atoms with Gasteiger partial charge in [0.2, 0.25) is 0 Å². The largest absolute Gasteiger partial charge is 0.573 e. The van der Waals surface area contributed by atoms with Crippen LogP contribution < -0.4 is 14.8 Å². The molecular weight excluding hydrogens is 438 g/mol. The molecule has 1 fully saturated rings. The number of piperidine rings is 1. The first-order valence-electron chi connectivity index (χ1n) is 8.51. The fraction of sp³-hybridized carbons (Fsp3) is 0.368. The highest BCUT2D eigenvalue weighted by atomic mass is 35.5. The summed E-state index contributed by atoms with van der Waals surface area (Å²) in [6, 6.07) is 9.33. The van der Waals surface area contributed by atoms with Crippen molar-refractivity contribution >= 4 is 35.6 Å². The van der Waals surface area contributed by atoms with Gasteiger partial charge in [0.15, 0.2) is 11.5 Å². The number of nitrogens with one attached hydrogen (secondary N) is 1. The summed E-state index contributed by atoms with van der Waals surface area (Å²) in [6.45, 7) is 2.07. The van der Waals surface area contributed by atoms with Gasteiger partial charge in [-0.1, -0.05) is 41.4 Å². The maximum atomic E-state index is 12.7. The molecule has 1 aliphatic rings. The predicted octanol–water partition coefficient (Wildman–Crippen LogP) is 6.36. The lowest BCUT2D eigenvalue weighted by molar-refractivity contribution is -0.275. The van der Waals surface area contributed by atoms with Crippen molar-refractivity contribution in [2.75, 3.05) is 19.7 Å². The molecule has 0 aliphatic carbocycles. The van der Waals surface area contributed by atoms with Crippen LogP contribution in [0.3, 0.4) is 0 Å². The van der Waals surface area contributed by atoms with Crippen LogP contribution >= 0.6 is 35.6 Å². The van der Waals surface area contributed by atoms with Gasteiger partial charge < -0.3 is 14.8 Å². The Labute approximate surface area is 177 Å². The molecule has 3 rings (SSSR count). The van der Waals surface area contributed by atoms with Crippen molar-refractivity contribution in [2.45, 2.75) is 19.2 Å². The minimum Gasteiger partial charge on any atom is -0.489 e. The van der Waals surface area contributed by atoms with Crippen LogP contribution in [0.15, 0.2) is 36.4 Å². The lowest BCUT2D eigenvalue weighted by Gasteiger charge is -2.23. The van der Waals surface area contributed by atoms with Crippen LogP contribution in [0, 0.1) is 5.92 Å². The Hall–Kier alpha value is -1.34. The standard InChI is InChI=1S/C19H18Cl2F3NO2.ClH/c20-15-3-1-2-14(18(15)21)13-4-5-16(27-19(22,23)24)17(10-13)26-11-12-6-8-25-9-7-12;/h1-5,10,12,25H,6-9,11H2;1H. The summed E-state index contributed by atoms with van der Waals surface area (Å²) in [5, 5.41) is 3.93. The van der Waals surface area contributed by atoms with E-state index in [0.29, 0.717) is 27.8 Å². The van der Waals surface area contributed by atoms with Gasteiger partial charge in [0.1, 0.15) is 0 Å². The molecule has 0 bridgehead atoms. The summed E-state index contributed by atoms with van der Waals surface area (Å²) in [5.41, 5.74) is 1.20. The number of benzene rings is 2. The predicted molar refractivity (Wildman–Crippen MR) is 107 cm³/mol. The van der Waals surface area contributed by atoms with Crippen molar-refractivity contribution < 1.29 is 22.6 Å². The van der Waals surface area contributed by atoms with Gasteiger partial charge in [-0.3, -0.25) is 0 Å². The summed E-state index contributed by atoms with van der Waals surface area (Å²) in [5.74, 6) is -0.0684. The summed E-state index contributed by atoms with van der Waals surface area (Å²) >= 11 is 12.3. The highest BCUT2D eigenvalue weighted by Gasteiger charge is 2.32. The van der Waals surface area contributed by atoms with E-state index in [4.69, 9.17) is 27.9 Å². The molecule has 0 spiro atoms. The van der Waals surface area contributed by atoms with Crippen LogP contribution in [0.2, 0.25) is 10.0 Å². The van der Waals surface area contributed by atoms with Crippen molar-refractivity contribution in [3.05, 3.63) is 46.4 Å². The third kappa shape index (κ3) is 6.08. The number of halogens is 6. The van der Waals surface area contributed by atoms with Crippen LogP contribution in [0.1, 0.15) is 12.8 Å². The van der Waals surface area contributed by atoms with Crippen LogP contribution in [0.25, 0.3) is 11.1 Å². The molecule has 154 valence electrons. The number of ether oxygens (including phenoxy) is 2. The van der Waals surface area contributed by atoms with Gasteiger partial charge in [-0.05, 0) is 55.6 Å². The molecule has 0 unspecified atom stereocenters. The molecule has 3 nitrogen and oxygen atoms in total. The molecule has 2 aromatic rings. The number of hydrogen-bond acceptors (Lipinski definition) is 3. The lowest BCUT2D eigenvalue weighted by atomic mass is 9.99. The molecule has 1 aliphatic heterocycles. The van der Waals surface area contributed by atoms with Crippen molar-refractivity contribution in [2.24, 2.45) is 5.92 Å². The monoisotopic (exact) mass is 455 g/mol. The van der Waals surface area contributed by atoms with E-state index in [1.54, 1.807) is 18.2 Å². The highest BCUT2D eigenvalue weighted by molar-refractivity contribution is 6.43. The average Bonchev–Trinajstić information content (AvgIpc) is 2.63. The first-order chi connectivity index (χ1) is 12.8. The van der Waals surface area contributed by atoms with Crippen LogP contribution in [-0.2, 0) is 0 Å². The van der Waals surface area contributed by atoms with Gasteiger partial charge in [-0.25, -0.2) is 0 Å². The molecule has 0 atom stereocenters. The van der Waals surface area contributed by atoms with Gasteiger partial charge in [-0.15, -0.1) is 25.6 Å². The molecule has 9 heteroatoms. The van der Waals surface area contributed by atoms with Crippen molar-refractivity contribution in [1.29, 1.82) is 0 Å². The number of rotatable bonds is 5. The van der Waals surface area contributed by atoms with Gasteiger partial charge in [0.25, 0.3) is 0 Å². The van der Waals surface area contributed by atoms with E-state index < -0.39 is 6.36 Å². The second-order valence-electron chi connectivity index (χ2n) is 6.32. The summed E-state index contributed by atoms with van der Waals surface area (Å²) in [4.78, 5) is 0. The Morgan fingerprint density at radius 2 is 1.75 bits per heavy atom. The summed E-state index contributed by atoms with van der Waals surface area (Å²) in [6.07, 6.45) is -2.98. The second-order valence-corrected chi connectivity index (χ2v) is 7.10. The van der Waals surface area contributed by atoms with Gasteiger partial charge in [0.05, 0.1) is 16.7 Å². The van der Waals surface area contributed by atoms with Gasteiger partial charge in [0, 0.05) is 5.56 Å². The van der Waals surface area contributed by atoms with Gasteiger partial charge in [-0.2, -0.15) is 0 Å². The Kier molecular flexibility index (Phi) is 8.13. The zero-order valence-electron chi connectivity index (χ0n) is 14.7. The topological polar surface area (TPSA) is 30.5 Å². The van der Waals surface area contributed by atoms with Crippen LogP contribution in [0.5, 0.6) is 11.5 Å². The summed E-state index contributed by atoms with van der Waals surface area (Å²) in [7, 11) is 0. The van der Waals surface area contributed by atoms with Crippen molar-refractivity contribution in [3.63, 3.8) is 0 Å². The molecule has 0 amide bonds. The molecule has 0 radical (unpaired) electrons. The van der Waals surface area contributed by atoms with E-state index in [1.807, 2.05) is 0 Å². The maximum Gasteiger partial charge on any atom is 0.573 e. The molecular formula is C19H19Cl3F3NO2. The SMILES string of the molecule is Cl.FC(F)(F)Oc1ccc(-c2cccc(Cl)c2Cl)cc1OCC1CCNCC1.